The highest BCUT2D eigenvalue weighted by atomic mass is 16.3. The molecule has 1 unspecified atom stereocenters. The molecule has 0 aliphatic rings. The molecule has 1 aromatic carbocycles. The van der Waals surface area contributed by atoms with Gasteiger partial charge >= 0.3 is 0 Å². The number of rotatable bonds is 7. The van der Waals surface area contributed by atoms with E-state index in [4.69, 9.17) is 4.42 Å². The van der Waals surface area contributed by atoms with Crippen LogP contribution in [0.5, 0.6) is 0 Å². The molecular formula is C22H20N6O3. The van der Waals surface area contributed by atoms with Crippen molar-refractivity contribution in [2.75, 3.05) is 5.32 Å². The normalized spacial score (nSPS) is 11.6. The van der Waals surface area contributed by atoms with E-state index in [9.17, 15) is 9.59 Å². The molecule has 0 radical (unpaired) electrons. The van der Waals surface area contributed by atoms with Gasteiger partial charge in [0.25, 0.3) is 11.8 Å². The number of carbonyl (C=O) groups excluding carboxylic acids is 2. The Morgan fingerprint density at radius 1 is 1.06 bits per heavy atom. The van der Waals surface area contributed by atoms with E-state index in [1.807, 2.05) is 6.92 Å². The van der Waals surface area contributed by atoms with Crippen molar-refractivity contribution in [3.8, 4) is 5.69 Å². The lowest BCUT2D eigenvalue weighted by Gasteiger charge is -2.13. The highest BCUT2D eigenvalue weighted by Gasteiger charge is 2.12. The Kier molecular flexibility index (Phi) is 5.84. The lowest BCUT2D eigenvalue weighted by atomic mass is 10.1. The molecule has 31 heavy (non-hydrogen) atoms. The molecule has 0 aliphatic carbocycles. The third kappa shape index (κ3) is 5.02. The molecule has 1 atom stereocenters. The van der Waals surface area contributed by atoms with Crippen LogP contribution in [-0.4, -0.2) is 37.6 Å². The molecule has 0 saturated carbocycles. The topological polar surface area (TPSA) is 115 Å². The predicted octanol–water partition coefficient (Wildman–Crippen LogP) is 2.87. The molecule has 9 heteroatoms. The first-order valence-corrected chi connectivity index (χ1v) is 9.63. The van der Waals surface area contributed by atoms with Crippen molar-refractivity contribution in [2.45, 2.75) is 19.4 Å². The van der Waals surface area contributed by atoms with E-state index >= 15 is 0 Å². The smallest absolute Gasteiger partial charge is 0.259 e. The van der Waals surface area contributed by atoms with Gasteiger partial charge in [-0.3, -0.25) is 19.6 Å². The standard InChI is InChI=1S/C22H20N6O3/c1-15(10-18-11-23-7-8-24-18)26-21(29)16-2-4-20(5-3-16)28-13-19(12-25-28)27-22(30)17-6-9-31-14-17/h2-9,11-15H,10H2,1H3,(H,26,29)(H,27,30). The molecule has 4 aromatic rings. The van der Waals surface area contributed by atoms with Crippen molar-refractivity contribution in [2.24, 2.45) is 0 Å². The van der Waals surface area contributed by atoms with Crippen molar-refractivity contribution in [3.05, 3.63) is 90.7 Å². The van der Waals surface area contributed by atoms with Gasteiger partial charge in [-0.25, -0.2) is 4.68 Å². The molecule has 156 valence electrons. The van der Waals surface area contributed by atoms with Crippen molar-refractivity contribution in [1.82, 2.24) is 25.1 Å². The summed E-state index contributed by atoms with van der Waals surface area (Å²) in [7, 11) is 0. The maximum atomic E-state index is 12.5. The number of carbonyl (C=O) groups is 2. The van der Waals surface area contributed by atoms with Crippen LogP contribution in [0.2, 0.25) is 0 Å². The summed E-state index contributed by atoms with van der Waals surface area (Å²) in [5.74, 6) is -0.451. The van der Waals surface area contributed by atoms with Crippen LogP contribution < -0.4 is 10.6 Å². The van der Waals surface area contributed by atoms with Gasteiger partial charge in [0.05, 0.1) is 41.3 Å². The van der Waals surface area contributed by atoms with E-state index in [1.54, 1.807) is 66.0 Å². The summed E-state index contributed by atoms with van der Waals surface area (Å²) in [6.45, 7) is 1.92. The minimum absolute atomic E-state index is 0.0867. The van der Waals surface area contributed by atoms with Gasteiger partial charge in [-0.1, -0.05) is 0 Å². The van der Waals surface area contributed by atoms with Crippen LogP contribution in [-0.2, 0) is 6.42 Å². The lowest BCUT2D eigenvalue weighted by molar-refractivity contribution is 0.0939. The van der Waals surface area contributed by atoms with Gasteiger partial charge in [0, 0.05) is 36.6 Å². The average Bonchev–Trinajstić information content (AvgIpc) is 3.47. The molecule has 3 heterocycles. The monoisotopic (exact) mass is 416 g/mol. The third-order valence-corrected chi connectivity index (χ3v) is 4.53. The zero-order valence-corrected chi connectivity index (χ0v) is 16.7. The van der Waals surface area contributed by atoms with Crippen LogP contribution in [0.4, 0.5) is 5.69 Å². The van der Waals surface area contributed by atoms with Gasteiger partial charge < -0.3 is 15.1 Å². The van der Waals surface area contributed by atoms with E-state index in [2.05, 4.69) is 25.7 Å². The van der Waals surface area contributed by atoms with Gasteiger partial charge in [0.1, 0.15) is 6.26 Å². The molecule has 4 rings (SSSR count). The SMILES string of the molecule is CC(Cc1cnccn1)NC(=O)c1ccc(-n2cc(NC(=O)c3ccoc3)cn2)cc1. The van der Waals surface area contributed by atoms with Crippen LogP contribution in [0.25, 0.3) is 5.69 Å². The number of aromatic nitrogens is 4. The first-order chi connectivity index (χ1) is 15.1. The molecular weight excluding hydrogens is 396 g/mol. The molecule has 3 aromatic heterocycles. The van der Waals surface area contributed by atoms with Crippen molar-refractivity contribution < 1.29 is 14.0 Å². The Labute approximate surface area is 178 Å². The fraction of sp³-hybridized carbons (Fsp3) is 0.136. The largest absolute Gasteiger partial charge is 0.472 e. The van der Waals surface area contributed by atoms with Crippen LogP contribution in [0, 0.1) is 0 Å². The summed E-state index contributed by atoms with van der Waals surface area (Å²) >= 11 is 0. The number of nitrogens with zero attached hydrogens (tertiary/aromatic N) is 4. The zero-order chi connectivity index (χ0) is 21.6. The predicted molar refractivity (Wildman–Crippen MR) is 113 cm³/mol. The van der Waals surface area contributed by atoms with Gasteiger partial charge in [0.15, 0.2) is 0 Å². The van der Waals surface area contributed by atoms with E-state index in [-0.39, 0.29) is 17.9 Å². The number of anilines is 1. The third-order valence-electron chi connectivity index (χ3n) is 4.53. The number of nitrogens with one attached hydrogen (secondary N) is 2. The second kappa shape index (κ2) is 9.04. The first-order valence-electron chi connectivity index (χ1n) is 9.63. The zero-order valence-electron chi connectivity index (χ0n) is 16.7. The fourth-order valence-electron chi connectivity index (χ4n) is 3.00. The van der Waals surface area contributed by atoms with E-state index in [1.165, 1.54) is 12.5 Å². The number of furan rings is 1. The molecule has 2 amide bonds. The van der Waals surface area contributed by atoms with Gasteiger partial charge in [-0.15, -0.1) is 0 Å². The summed E-state index contributed by atoms with van der Waals surface area (Å²) in [5.41, 5.74) is 3.09. The molecule has 0 aliphatic heterocycles. The number of amides is 2. The quantitative estimate of drug-likeness (QED) is 0.479. The van der Waals surface area contributed by atoms with Crippen molar-refractivity contribution >= 4 is 17.5 Å². The molecule has 2 N–H and O–H groups in total. The summed E-state index contributed by atoms with van der Waals surface area (Å²) in [4.78, 5) is 32.8. The highest BCUT2D eigenvalue weighted by molar-refractivity contribution is 6.03. The van der Waals surface area contributed by atoms with Gasteiger partial charge in [0.2, 0.25) is 0 Å². The van der Waals surface area contributed by atoms with Crippen molar-refractivity contribution in [3.63, 3.8) is 0 Å². The highest BCUT2D eigenvalue weighted by Crippen LogP contribution is 2.14. The maximum Gasteiger partial charge on any atom is 0.259 e. The fourth-order valence-corrected chi connectivity index (χ4v) is 3.00. The van der Waals surface area contributed by atoms with E-state index in [0.717, 1.165) is 11.4 Å². The summed E-state index contributed by atoms with van der Waals surface area (Å²) in [6, 6.07) is 8.53. The van der Waals surface area contributed by atoms with Crippen LogP contribution in [0.3, 0.4) is 0 Å². The summed E-state index contributed by atoms with van der Waals surface area (Å²) < 4.78 is 6.53. The molecule has 0 bridgehead atoms. The summed E-state index contributed by atoms with van der Waals surface area (Å²) in [6.07, 6.45) is 11.6. The van der Waals surface area contributed by atoms with Crippen LogP contribution in [0.1, 0.15) is 33.3 Å². The number of hydrogen-bond acceptors (Lipinski definition) is 6. The lowest BCUT2D eigenvalue weighted by Crippen LogP contribution is -2.34. The number of hydrogen-bond donors (Lipinski definition) is 2. The average molecular weight is 416 g/mol. The Bertz CT molecular complexity index is 1150. The maximum absolute atomic E-state index is 12.5. The molecule has 0 saturated heterocycles. The van der Waals surface area contributed by atoms with Crippen LogP contribution in [0.15, 0.2) is 78.3 Å². The van der Waals surface area contributed by atoms with Gasteiger partial charge in [-0.05, 0) is 37.3 Å². The Morgan fingerprint density at radius 3 is 2.61 bits per heavy atom. The second-order valence-corrected chi connectivity index (χ2v) is 6.96. The first kappa shape index (κ1) is 20.0. The Balaban J connectivity index is 1.36. The Morgan fingerprint density at radius 2 is 1.90 bits per heavy atom. The Hall–Kier alpha value is -4.27. The summed E-state index contributed by atoms with van der Waals surface area (Å²) in [5, 5.41) is 9.96. The minimum atomic E-state index is -0.282. The molecule has 0 fully saturated rings. The van der Waals surface area contributed by atoms with E-state index < -0.39 is 0 Å². The molecule has 0 spiro atoms. The van der Waals surface area contributed by atoms with Crippen molar-refractivity contribution in [1.29, 1.82) is 0 Å². The number of benzene rings is 1. The second-order valence-electron chi connectivity index (χ2n) is 6.96. The minimum Gasteiger partial charge on any atom is -0.472 e. The molecule has 9 nitrogen and oxygen atoms in total. The van der Waals surface area contributed by atoms with Gasteiger partial charge in [-0.2, -0.15) is 5.10 Å². The van der Waals surface area contributed by atoms with E-state index in [0.29, 0.717) is 23.2 Å². The van der Waals surface area contributed by atoms with Crippen LogP contribution >= 0.6 is 0 Å².